The zero-order valence-electron chi connectivity index (χ0n) is 11.6. The molecule has 0 spiro atoms. The fourth-order valence-corrected chi connectivity index (χ4v) is 1.98. The molecule has 0 aliphatic carbocycles. The molecule has 0 bridgehead atoms. The summed E-state index contributed by atoms with van der Waals surface area (Å²) in [6.07, 6.45) is 2.09. The number of benzene rings is 2. The molecule has 20 heavy (non-hydrogen) atoms. The molecular weight excluding hydrogens is 248 g/mol. The number of nitrogens with one attached hydrogen (secondary N) is 2. The van der Waals surface area contributed by atoms with E-state index in [4.69, 9.17) is 5.84 Å². The third-order valence-corrected chi connectivity index (χ3v) is 2.92. The normalized spacial score (nSPS) is 11.2. The molecule has 2 rings (SSSR count). The molecule has 0 saturated heterocycles. The zero-order chi connectivity index (χ0) is 14.2. The smallest absolute Gasteiger partial charge is 0.215 e. The number of rotatable bonds is 4. The molecule has 2 aromatic carbocycles. The molecule has 0 aliphatic rings. The van der Waals surface area contributed by atoms with Crippen LogP contribution < -0.4 is 16.6 Å². The van der Waals surface area contributed by atoms with E-state index in [9.17, 15) is 0 Å². The van der Waals surface area contributed by atoms with Gasteiger partial charge in [0.25, 0.3) is 0 Å². The molecule has 0 unspecified atom stereocenters. The second kappa shape index (κ2) is 7.31. The van der Waals surface area contributed by atoms with Crippen LogP contribution in [0.4, 0.5) is 11.4 Å². The molecule has 0 fully saturated rings. The lowest BCUT2D eigenvalue weighted by Gasteiger charge is -2.10. The van der Waals surface area contributed by atoms with Crippen LogP contribution in [0.15, 0.2) is 59.6 Å². The van der Waals surface area contributed by atoms with Crippen LogP contribution in [-0.4, -0.2) is 5.96 Å². The van der Waals surface area contributed by atoms with Gasteiger partial charge in [-0.1, -0.05) is 49.7 Å². The Kier molecular flexibility index (Phi) is 5.15. The number of anilines is 1. The summed E-state index contributed by atoms with van der Waals surface area (Å²) < 4.78 is 0. The summed E-state index contributed by atoms with van der Waals surface area (Å²) in [5.74, 6) is 6.08. The predicted molar refractivity (Wildman–Crippen MR) is 84.9 cm³/mol. The van der Waals surface area contributed by atoms with Gasteiger partial charge in [0.05, 0.1) is 5.69 Å². The van der Waals surface area contributed by atoms with Gasteiger partial charge in [-0.05, 0) is 30.2 Å². The van der Waals surface area contributed by atoms with Crippen LogP contribution in [0.2, 0.25) is 0 Å². The van der Waals surface area contributed by atoms with E-state index < -0.39 is 0 Å². The largest absolute Gasteiger partial charge is 0.325 e. The highest BCUT2D eigenvalue weighted by molar-refractivity contribution is 5.95. The van der Waals surface area contributed by atoms with E-state index in [0.717, 1.165) is 24.2 Å². The van der Waals surface area contributed by atoms with Gasteiger partial charge in [0.2, 0.25) is 5.96 Å². The number of aryl methyl sites for hydroxylation is 1. The molecule has 0 radical (unpaired) electrons. The molecule has 2 aromatic rings. The average molecular weight is 268 g/mol. The Balaban J connectivity index is 2.22. The highest BCUT2D eigenvalue weighted by atomic mass is 15.3. The van der Waals surface area contributed by atoms with Gasteiger partial charge < -0.3 is 5.32 Å². The van der Waals surface area contributed by atoms with E-state index in [2.05, 4.69) is 28.7 Å². The Morgan fingerprint density at radius 3 is 2.45 bits per heavy atom. The number of para-hydroxylation sites is 2. The summed E-state index contributed by atoms with van der Waals surface area (Å²) in [5.41, 5.74) is 5.70. The van der Waals surface area contributed by atoms with E-state index in [1.165, 1.54) is 5.56 Å². The third-order valence-electron chi connectivity index (χ3n) is 2.92. The number of hydrogen-bond donors (Lipinski definition) is 3. The van der Waals surface area contributed by atoms with E-state index >= 15 is 0 Å². The van der Waals surface area contributed by atoms with E-state index in [0.29, 0.717) is 5.96 Å². The summed E-state index contributed by atoms with van der Waals surface area (Å²) in [7, 11) is 0. The average Bonchev–Trinajstić information content (AvgIpc) is 2.50. The fourth-order valence-electron chi connectivity index (χ4n) is 1.98. The summed E-state index contributed by atoms with van der Waals surface area (Å²) >= 11 is 0. The molecule has 0 atom stereocenters. The molecule has 4 nitrogen and oxygen atoms in total. The van der Waals surface area contributed by atoms with Crippen LogP contribution in [0.25, 0.3) is 0 Å². The van der Waals surface area contributed by atoms with Gasteiger partial charge in [0.15, 0.2) is 0 Å². The lowest BCUT2D eigenvalue weighted by Crippen LogP contribution is -2.36. The minimum atomic E-state index is 0.528. The van der Waals surface area contributed by atoms with Gasteiger partial charge in [-0.2, -0.15) is 0 Å². The SMILES string of the molecule is CCCc1ccccc1N=C(NN)Nc1ccccc1. The molecule has 4 heteroatoms. The van der Waals surface area contributed by atoms with Gasteiger partial charge in [0.1, 0.15) is 0 Å². The monoisotopic (exact) mass is 268 g/mol. The van der Waals surface area contributed by atoms with Crippen LogP contribution in [0.3, 0.4) is 0 Å². The topological polar surface area (TPSA) is 62.4 Å². The van der Waals surface area contributed by atoms with E-state index in [1.807, 2.05) is 48.5 Å². The maximum Gasteiger partial charge on any atom is 0.215 e. The van der Waals surface area contributed by atoms with Gasteiger partial charge >= 0.3 is 0 Å². The molecular formula is C16H20N4. The van der Waals surface area contributed by atoms with Crippen LogP contribution >= 0.6 is 0 Å². The number of nitrogens with zero attached hydrogens (tertiary/aromatic N) is 1. The summed E-state index contributed by atoms with van der Waals surface area (Å²) in [4.78, 5) is 4.56. The van der Waals surface area contributed by atoms with Crippen molar-refractivity contribution in [3.05, 3.63) is 60.2 Å². The first-order chi connectivity index (χ1) is 9.83. The van der Waals surface area contributed by atoms with Crippen molar-refractivity contribution in [2.45, 2.75) is 19.8 Å². The fraction of sp³-hybridized carbons (Fsp3) is 0.188. The predicted octanol–water partition coefficient (Wildman–Crippen LogP) is 3.20. The Hall–Kier alpha value is -2.33. The van der Waals surface area contributed by atoms with Crippen molar-refractivity contribution >= 4 is 17.3 Å². The van der Waals surface area contributed by atoms with Gasteiger partial charge in [-0.3, -0.25) is 5.43 Å². The van der Waals surface area contributed by atoms with Gasteiger partial charge in [-0.15, -0.1) is 0 Å². The van der Waals surface area contributed by atoms with Crippen molar-refractivity contribution in [1.29, 1.82) is 0 Å². The minimum Gasteiger partial charge on any atom is -0.325 e. The molecule has 0 amide bonds. The van der Waals surface area contributed by atoms with Crippen molar-refractivity contribution in [2.75, 3.05) is 5.32 Å². The van der Waals surface area contributed by atoms with Crippen LogP contribution in [0.5, 0.6) is 0 Å². The van der Waals surface area contributed by atoms with Crippen LogP contribution in [0.1, 0.15) is 18.9 Å². The molecule has 0 aliphatic heterocycles. The summed E-state index contributed by atoms with van der Waals surface area (Å²) in [6, 6.07) is 17.9. The quantitative estimate of drug-likeness (QED) is 0.345. The summed E-state index contributed by atoms with van der Waals surface area (Å²) in [5, 5.41) is 3.16. The standard InChI is InChI=1S/C16H20N4/c1-2-8-13-9-6-7-12-15(13)19-16(20-17)18-14-10-4-3-5-11-14/h3-7,9-12H,2,8,17H2,1H3,(H2,18,19,20). The molecule has 104 valence electrons. The Bertz CT molecular complexity index is 564. The lowest BCUT2D eigenvalue weighted by atomic mass is 10.1. The van der Waals surface area contributed by atoms with E-state index in [-0.39, 0.29) is 0 Å². The highest BCUT2D eigenvalue weighted by Gasteiger charge is 2.02. The van der Waals surface area contributed by atoms with Gasteiger partial charge in [-0.25, -0.2) is 10.8 Å². The molecule has 4 N–H and O–H groups in total. The van der Waals surface area contributed by atoms with Crippen molar-refractivity contribution in [1.82, 2.24) is 5.43 Å². The number of guanidine groups is 1. The first-order valence-electron chi connectivity index (χ1n) is 6.78. The van der Waals surface area contributed by atoms with Crippen LogP contribution in [0, 0.1) is 0 Å². The Labute approximate surface area is 119 Å². The zero-order valence-corrected chi connectivity index (χ0v) is 11.6. The highest BCUT2D eigenvalue weighted by Crippen LogP contribution is 2.20. The number of aliphatic imine (C=N–C) groups is 1. The van der Waals surface area contributed by atoms with Crippen LogP contribution in [-0.2, 0) is 6.42 Å². The molecule has 0 heterocycles. The first kappa shape index (κ1) is 14.1. The molecule has 0 aromatic heterocycles. The lowest BCUT2D eigenvalue weighted by molar-refractivity contribution is 0.920. The number of hydrogen-bond acceptors (Lipinski definition) is 2. The van der Waals surface area contributed by atoms with Crippen molar-refractivity contribution < 1.29 is 0 Å². The number of nitrogens with two attached hydrogens (primary N) is 1. The van der Waals surface area contributed by atoms with Gasteiger partial charge in [0, 0.05) is 5.69 Å². The Morgan fingerprint density at radius 2 is 1.75 bits per heavy atom. The first-order valence-corrected chi connectivity index (χ1v) is 6.78. The second-order valence-corrected chi connectivity index (χ2v) is 4.47. The molecule has 0 saturated carbocycles. The minimum absolute atomic E-state index is 0.528. The maximum atomic E-state index is 5.55. The second-order valence-electron chi connectivity index (χ2n) is 4.47. The van der Waals surface area contributed by atoms with Crippen molar-refractivity contribution in [2.24, 2.45) is 10.8 Å². The van der Waals surface area contributed by atoms with Crippen molar-refractivity contribution in [3.8, 4) is 0 Å². The van der Waals surface area contributed by atoms with Crippen molar-refractivity contribution in [3.63, 3.8) is 0 Å². The third kappa shape index (κ3) is 3.83. The maximum absolute atomic E-state index is 5.55. The Morgan fingerprint density at radius 1 is 1.05 bits per heavy atom. The summed E-state index contributed by atoms with van der Waals surface area (Å²) in [6.45, 7) is 2.16. The van der Waals surface area contributed by atoms with E-state index in [1.54, 1.807) is 0 Å². The number of hydrazine groups is 1.